The molecule has 0 saturated heterocycles. The molecule has 3 nitrogen and oxygen atoms in total. The first-order valence-corrected chi connectivity index (χ1v) is 4.32. The van der Waals surface area contributed by atoms with Crippen molar-refractivity contribution in [2.45, 2.75) is 13.3 Å². The van der Waals surface area contributed by atoms with Gasteiger partial charge in [0.2, 0.25) is 0 Å². The predicted molar refractivity (Wildman–Crippen MR) is 45.8 cm³/mol. The molecular weight excluding hydrogens is 180 g/mol. The summed E-state index contributed by atoms with van der Waals surface area (Å²) in [4.78, 5) is 1.45. The van der Waals surface area contributed by atoms with Crippen molar-refractivity contribution >= 4 is 0 Å². The molecule has 0 aliphatic heterocycles. The van der Waals surface area contributed by atoms with Crippen LogP contribution in [0.25, 0.3) is 0 Å². The largest absolute Gasteiger partial charge is 0.396 e. The van der Waals surface area contributed by atoms with E-state index in [2.05, 4.69) is 0 Å². The van der Waals surface area contributed by atoms with Gasteiger partial charge in [0.1, 0.15) is 0 Å². The second-order valence-corrected chi connectivity index (χ2v) is 3.16. The Labute approximate surface area is 77.0 Å². The van der Waals surface area contributed by atoms with Crippen LogP contribution in [0.2, 0.25) is 0 Å². The van der Waals surface area contributed by atoms with Gasteiger partial charge in [-0.25, -0.2) is 8.78 Å². The third-order valence-electron chi connectivity index (χ3n) is 1.69. The van der Waals surface area contributed by atoms with Gasteiger partial charge in [0.15, 0.2) is 0 Å². The minimum absolute atomic E-state index is 0.0227. The summed E-state index contributed by atoms with van der Waals surface area (Å²) in [5.41, 5.74) is 0. The van der Waals surface area contributed by atoms with Crippen LogP contribution in [-0.4, -0.2) is 54.4 Å². The fourth-order valence-corrected chi connectivity index (χ4v) is 1.09. The lowest BCUT2D eigenvalue weighted by atomic mass is 10.2. The summed E-state index contributed by atoms with van der Waals surface area (Å²) in [5, 5.41) is 17.3. The van der Waals surface area contributed by atoms with Crippen LogP contribution in [0.5, 0.6) is 0 Å². The Morgan fingerprint density at radius 2 is 1.85 bits per heavy atom. The van der Waals surface area contributed by atoms with E-state index < -0.39 is 6.43 Å². The maximum Gasteiger partial charge on any atom is 0.251 e. The van der Waals surface area contributed by atoms with Gasteiger partial charge >= 0.3 is 0 Å². The molecule has 0 radical (unpaired) electrons. The monoisotopic (exact) mass is 197 g/mol. The van der Waals surface area contributed by atoms with Gasteiger partial charge < -0.3 is 10.2 Å². The maximum atomic E-state index is 12.0. The van der Waals surface area contributed by atoms with Crippen LogP contribution in [0.4, 0.5) is 8.78 Å². The Morgan fingerprint density at radius 3 is 2.23 bits per heavy atom. The Hall–Kier alpha value is -0.260. The van der Waals surface area contributed by atoms with Crippen molar-refractivity contribution in [2.75, 3.05) is 32.8 Å². The molecule has 1 atom stereocenters. The molecule has 80 valence electrons. The summed E-state index contributed by atoms with van der Waals surface area (Å²) >= 11 is 0. The van der Waals surface area contributed by atoms with Crippen LogP contribution in [-0.2, 0) is 0 Å². The van der Waals surface area contributed by atoms with Crippen molar-refractivity contribution in [3.63, 3.8) is 0 Å². The zero-order valence-electron chi connectivity index (χ0n) is 7.79. The van der Waals surface area contributed by atoms with Crippen LogP contribution in [0.3, 0.4) is 0 Å². The number of hydrogen-bond donors (Lipinski definition) is 2. The standard InChI is InChI=1S/C8H17F2NO2/c1-7(6-13)4-11(2-3-12)5-8(9)10/h7-8,12-13H,2-6H2,1H3. The van der Waals surface area contributed by atoms with Crippen LogP contribution in [0.1, 0.15) is 6.92 Å². The minimum Gasteiger partial charge on any atom is -0.396 e. The normalized spacial score (nSPS) is 14.1. The predicted octanol–water partition coefficient (Wildman–Crippen LogP) is 0.174. The molecule has 0 heterocycles. The molecule has 0 rings (SSSR count). The van der Waals surface area contributed by atoms with E-state index in [1.54, 1.807) is 6.92 Å². The van der Waals surface area contributed by atoms with Gasteiger partial charge in [-0.1, -0.05) is 6.92 Å². The summed E-state index contributed by atoms with van der Waals surface area (Å²) in [6.45, 7) is 1.90. The molecule has 0 fully saturated rings. The molecule has 0 bridgehead atoms. The van der Waals surface area contributed by atoms with Gasteiger partial charge in [-0.2, -0.15) is 0 Å². The highest BCUT2D eigenvalue weighted by Gasteiger charge is 2.13. The molecule has 1 unspecified atom stereocenters. The van der Waals surface area contributed by atoms with Crippen molar-refractivity contribution in [1.82, 2.24) is 4.90 Å². The zero-order chi connectivity index (χ0) is 10.3. The van der Waals surface area contributed by atoms with Crippen molar-refractivity contribution < 1.29 is 19.0 Å². The fourth-order valence-electron chi connectivity index (χ4n) is 1.09. The van der Waals surface area contributed by atoms with Crippen LogP contribution < -0.4 is 0 Å². The molecule has 0 saturated carbocycles. The van der Waals surface area contributed by atoms with Gasteiger partial charge in [-0.3, -0.25) is 4.90 Å². The first kappa shape index (κ1) is 12.7. The second-order valence-electron chi connectivity index (χ2n) is 3.16. The summed E-state index contributed by atoms with van der Waals surface area (Å²) < 4.78 is 24.0. The average Bonchev–Trinajstić information content (AvgIpc) is 2.03. The number of hydrogen-bond acceptors (Lipinski definition) is 3. The molecule has 0 aromatic heterocycles. The first-order valence-electron chi connectivity index (χ1n) is 4.32. The third-order valence-corrected chi connectivity index (χ3v) is 1.69. The quantitative estimate of drug-likeness (QED) is 0.611. The summed E-state index contributed by atoms with van der Waals surface area (Å²) in [5.74, 6) is -0.0368. The number of alkyl halides is 2. The number of halogens is 2. The van der Waals surface area contributed by atoms with Crippen LogP contribution >= 0.6 is 0 Å². The molecule has 2 N–H and O–H groups in total. The summed E-state index contributed by atoms with van der Waals surface area (Å²) in [6, 6.07) is 0. The zero-order valence-corrected chi connectivity index (χ0v) is 7.79. The van der Waals surface area contributed by atoms with Gasteiger partial charge in [0.05, 0.1) is 13.2 Å². The van der Waals surface area contributed by atoms with E-state index in [9.17, 15) is 8.78 Å². The molecule has 0 aliphatic carbocycles. The first-order chi connectivity index (χ1) is 6.10. The van der Waals surface area contributed by atoms with E-state index in [0.717, 1.165) is 0 Å². The molecule has 0 aliphatic rings. The van der Waals surface area contributed by atoms with Gasteiger partial charge in [0, 0.05) is 19.7 Å². The number of aliphatic hydroxyl groups excluding tert-OH is 2. The molecule has 0 aromatic rings. The Kier molecular flexibility index (Phi) is 7.03. The molecule has 0 aromatic carbocycles. The Balaban J connectivity index is 3.78. The highest BCUT2D eigenvalue weighted by Crippen LogP contribution is 2.02. The Bertz CT molecular complexity index is 125. The lowest BCUT2D eigenvalue weighted by Crippen LogP contribution is -2.36. The highest BCUT2D eigenvalue weighted by atomic mass is 19.3. The van der Waals surface area contributed by atoms with E-state index in [0.29, 0.717) is 6.54 Å². The van der Waals surface area contributed by atoms with Crippen molar-refractivity contribution in [1.29, 1.82) is 0 Å². The SMILES string of the molecule is CC(CO)CN(CCO)CC(F)F. The number of nitrogens with zero attached hydrogens (tertiary/aromatic N) is 1. The lowest BCUT2D eigenvalue weighted by Gasteiger charge is -2.23. The lowest BCUT2D eigenvalue weighted by molar-refractivity contribution is 0.0644. The van der Waals surface area contributed by atoms with Crippen molar-refractivity contribution in [3.8, 4) is 0 Å². The molecule has 0 spiro atoms. The van der Waals surface area contributed by atoms with E-state index in [-0.39, 0.29) is 32.2 Å². The fraction of sp³-hybridized carbons (Fsp3) is 1.00. The number of rotatable bonds is 7. The summed E-state index contributed by atoms with van der Waals surface area (Å²) in [7, 11) is 0. The van der Waals surface area contributed by atoms with E-state index in [1.165, 1.54) is 4.90 Å². The van der Waals surface area contributed by atoms with Crippen LogP contribution in [0.15, 0.2) is 0 Å². The minimum atomic E-state index is -2.39. The maximum absolute atomic E-state index is 12.0. The molecule has 5 heteroatoms. The molecular formula is C8H17F2NO2. The van der Waals surface area contributed by atoms with Crippen molar-refractivity contribution in [3.05, 3.63) is 0 Å². The number of aliphatic hydroxyl groups is 2. The van der Waals surface area contributed by atoms with Gasteiger partial charge in [0.25, 0.3) is 6.43 Å². The van der Waals surface area contributed by atoms with Gasteiger partial charge in [-0.05, 0) is 5.92 Å². The van der Waals surface area contributed by atoms with Gasteiger partial charge in [-0.15, -0.1) is 0 Å². The smallest absolute Gasteiger partial charge is 0.251 e. The average molecular weight is 197 g/mol. The highest BCUT2D eigenvalue weighted by molar-refractivity contribution is 4.62. The summed E-state index contributed by atoms with van der Waals surface area (Å²) in [6.07, 6.45) is -2.39. The van der Waals surface area contributed by atoms with Crippen LogP contribution in [0, 0.1) is 5.92 Å². The third kappa shape index (κ3) is 6.86. The molecule has 0 amide bonds. The van der Waals surface area contributed by atoms with E-state index in [1.807, 2.05) is 0 Å². The topological polar surface area (TPSA) is 43.7 Å². The Morgan fingerprint density at radius 1 is 1.23 bits per heavy atom. The van der Waals surface area contributed by atoms with E-state index in [4.69, 9.17) is 10.2 Å². The second kappa shape index (κ2) is 7.17. The molecule has 13 heavy (non-hydrogen) atoms. The van der Waals surface area contributed by atoms with E-state index >= 15 is 0 Å². The van der Waals surface area contributed by atoms with Crippen molar-refractivity contribution in [2.24, 2.45) is 5.92 Å².